The van der Waals surface area contributed by atoms with Gasteiger partial charge in [-0.05, 0) is 24.7 Å². The molecular weight excluding hydrogens is 208 g/mol. The van der Waals surface area contributed by atoms with Gasteiger partial charge in [0, 0.05) is 6.42 Å². The highest BCUT2D eigenvalue weighted by atomic mass is 32.1. The number of nitrogens with one attached hydrogen (secondary N) is 2. The molecule has 1 aromatic carbocycles. The van der Waals surface area contributed by atoms with Crippen LogP contribution in [0.15, 0.2) is 24.3 Å². The molecule has 0 bridgehead atoms. The normalized spacial score (nSPS) is 19.9. The zero-order valence-electron chi connectivity index (χ0n) is 8.41. The Morgan fingerprint density at radius 3 is 2.53 bits per heavy atom. The summed E-state index contributed by atoms with van der Waals surface area (Å²) in [6.45, 7) is 2.04. The molecule has 15 heavy (non-hydrogen) atoms. The molecule has 1 aromatic rings. The van der Waals surface area contributed by atoms with E-state index >= 15 is 0 Å². The number of amides is 1. The summed E-state index contributed by atoms with van der Waals surface area (Å²) in [5.74, 6) is -0.0411. The lowest BCUT2D eigenvalue weighted by Crippen LogP contribution is -2.30. The molecule has 1 unspecified atom stereocenters. The number of hydrogen-bond donors (Lipinski definition) is 2. The van der Waals surface area contributed by atoms with Crippen molar-refractivity contribution in [3.63, 3.8) is 0 Å². The lowest BCUT2D eigenvalue weighted by atomic mass is 10.0. The van der Waals surface area contributed by atoms with E-state index in [1.807, 2.05) is 31.2 Å². The maximum absolute atomic E-state index is 11.4. The van der Waals surface area contributed by atoms with Gasteiger partial charge in [0.05, 0.1) is 0 Å². The first-order chi connectivity index (χ1) is 7.15. The van der Waals surface area contributed by atoms with Crippen molar-refractivity contribution in [2.24, 2.45) is 0 Å². The Balaban J connectivity index is 2.06. The second-order valence-electron chi connectivity index (χ2n) is 3.71. The Hall–Kier alpha value is -1.42. The molecule has 0 saturated carbocycles. The van der Waals surface area contributed by atoms with Crippen LogP contribution in [0.25, 0.3) is 0 Å². The molecule has 1 atom stereocenters. The molecule has 1 saturated heterocycles. The molecule has 78 valence electrons. The number of carbonyl (C=O) groups is 1. The first kappa shape index (κ1) is 10.1. The molecule has 0 aromatic heterocycles. The van der Waals surface area contributed by atoms with Gasteiger partial charge in [-0.2, -0.15) is 0 Å². The van der Waals surface area contributed by atoms with Crippen LogP contribution >= 0.6 is 12.2 Å². The van der Waals surface area contributed by atoms with E-state index in [9.17, 15) is 4.79 Å². The first-order valence-electron chi connectivity index (χ1n) is 4.82. The minimum Gasteiger partial charge on any atom is -0.350 e. The van der Waals surface area contributed by atoms with Gasteiger partial charge in [0.25, 0.3) is 0 Å². The number of rotatable bonds is 2. The highest BCUT2D eigenvalue weighted by Crippen LogP contribution is 2.08. The summed E-state index contributed by atoms with van der Waals surface area (Å²) < 4.78 is 0. The lowest BCUT2D eigenvalue weighted by molar-refractivity contribution is -0.120. The minimum atomic E-state index is -0.222. The first-order valence-corrected chi connectivity index (χ1v) is 5.23. The third-order valence-electron chi connectivity index (χ3n) is 2.42. The molecular formula is C11H12N2OS. The van der Waals surface area contributed by atoms with Crippen molar-refractivity contribution in [1.29, 1.82) is 0 Å². The van der Waals surface area contributed by atoms with Gasteiger partial charge in [-0.1, -0.05) is 29.8 Å². The van der Waals surface area contributed by atoms with Crippen LogP contribution in [0.1, 0.15) is 11.1 Å². The standard InChI is InChI=1S/C11H12N2OS/c1-7-2-4-8(5-3-7)6-9-10(14)13-11(15)12-9/h2-5,9H,6H2,1H3,(H2,12,13,14,15). The van der Waals surface area contributed by atoms with Crippen LogP contribution in [0.4, 0.5) is 0 Å². The van der Waals surface area contributed by atoms with Gasteiger partial charge in [0.15, 0.2) is 5.11 Å². The van der Waals surface area contributed by atoms with Crippen molar-refractivity contribution in [2.45, 2.75) is 19.4 Å². The van der Waals surface area contributed by atoms with Gasteiger partial charge in [0.2, 0.25) is 5.91 Å². The molecule has 1 aliphatic rings. The largest absolute Gasteiger partial charge is 0.350 e. The Bertz CT molecular complexity index is 400. The predicted molar refractivity (Wildman–Crippen MR) is 62.5 cm³/mol. The molecule has 2 rings (SSSR count). The van der Waals surface area contributed by atoms with Gasteiger partial charge in [0.1, 0.15) is 6.04 Å². The Labute approximate surface area is 93.9 Å². The van der Waals surface area contributed by atoms with Crippen LogP contribution in [0.3, 0.4) is 0 Å². The highest BCUT2D eigenvalue weighted by molar-refractivity contribution is 7.80. The van der Waals surface area contributed by atoms with Gasteiger partial charge in [-0.15, -0.1) is 0 Å². The van der Waals surface area contributed by atoms with Crippen molar-refractivity contribution >= 4 is 23.2 Å². The number of benzene rings is 1. The molecule has 0 spiro atoms. The fourth-order valence-electron chi connectivity index (χ4n) is 1.56. The smallest absolute Gasteiger partial charge is 0.249 e. The molecule has 0 radical (unpaired) electrons. The topological polar surface area (TPSA) is 41.1 Å². The van der Waals surface area contributed by atoms with E-state index in [1.54, 1.807) is 0 Å². The molecule has 3 nitrogen and oxygen atoms in total. The summed E-state index contributed by atoms with van der Waals surface area (Å²) in [5, 5.41) is 5.95. The van der Waals surface area contributed by atoms with Gasteiger partial charge in [-0.25, -0.2) is 0 Å². The molecule has 0 aliphatic carbocycles. The fourth-order valence-corrected chi connectivity index (χ4v) is 1.81. The zero-order chi connectivity index (χ0) is 10.8. The highest BCUT2D eigenvalue weighted by Gasteiger charge is 2.26. The summed E-state index contributed by atoms with van der Waals surface area (Å²) in [7, 11) is 0. The van der Waals surface area contributed by atoms with E-state index in [0.717, 1.165) is 5.56 Å². The molecule has 4 heteroatoms. The van der Waals surface area contributed by atoms with Crippen LogP contribution in [0, 0.1) is 6.92 Å². The number of aryl methyl sites for hydroxylation is 1. The van der Waals surface area contributed by atoms with Crippen molar-refractivity contribution in [2.75, 3.05) is 0 Å². The molecule has 1 amide bonds. The average molecular weight is 220 g/mol. The number of hydrogen-bond acceptors (Lipinski definition) is 2. The van der Waals surface area contributed by atoms with Crippen molar-refractivity contribution < 1.29 is 4.79 Å². The lowest BCUT2D eigenvalue weighted by Gasteiger charge is -2.07. The van der Waals surface area contributed by atoms with E-state index < -0.39 is 0 Å². The van der Waals surface area contributed by atoms with Crippen LogP contribution in [0.2, 0.25) is 0 Å². The second kappa shape index (κ2) is 3.98. The number of thiocarbonyl (C=S) groups is 1. The zero-order valence-corrected chi connectivity index (χ0v) is 9.23. The minimum absolute atomic E-state index is 0.0411. The summed E-state index contributed by atoms with van der Waals surface area (Å²) in [4.78, 5) is 11.4. The molecule has 1 aliphatic heterocycles. The Morgan fingerprint density at radius 1 is 1.33 bits per heavy atom. The Kier molecular flexibility index (Phi) is 2.68. The SMILES string of the molecule is Cc1ccc(CC2NC(=S)NC2=O)cc1. The monoisotopic (exact) mass is 220 g/mol. The number of carbonyl (C=O) groups excluding carboxylic acids is 1. The maximum atomic E-state index is 11.4. The van der Waals surface area contributed by atoms with E-state index in [2.05, 4.69) is 10.6 Å². The summed E-state index contributed by atoms with van der Waals surface area (Å²) in [6.07, 6.45) is 0.673. The maximum Gasteiger partial charge on any atom is 0.249 e. The average Bonchev–Trinajstić information content (AvgIpc) is 2.49. The van der Waals surface area contributed by atoms with E-state index in [-0.39, 0.29) is 11.9 Å². The predicted octanol–water partition coefficient (Wildman–Crippen LogP) is 0.910. The van der Waals surface area contributed by atoms with E-state index in [4.69, 9.17) is 12.2 Å². The van der Waals surface area contributed by atoms with E-state index in [0.29, 0.717) is 11.5 Å². The van der Waals surface area contributed by atoms with Gasteiger partial charge in [-0.3, -0.25) is 4.79 Å². The molecule has 2 N–H and O–H groups in total. The third-order valence-corrected chi connectivity index (χ3v) is 2.64. The summed E-state index contributed by atoms with van der Waals surface area (Å²) in [6, 6.07) is 7.93. The van der Waals surface area contributed by atoms with Crippen molar-refractivity contribution in [3.8, 4) is 0 Å². The third kappa shape index (κ3) is 2.33. The summed E-state index contributed by atoms with van der Waals surface area (Å²) >= 11 is 4.87. The summed E-state index contributed by atoms with van der Waals surface area (Å²) in [5.41, 5.74) is 2.36. The van der Waals surface area contributed by atoms with Crippen molar-refractivity contribution in [3.05, 3.63) is 35.4 Å². The van der Waals surface area contributed by atoms with Gasteiger partial charge < -0.3 is 10.6 Å². The van der Waals surface area contributed by atoms with Crippen LogP contribution < -0.4 is 10.6 Å². The van der Waals surface area contributed by atoms with Crippen LogP contribution in [-0.2, 0) is 11.2 Å². The molecule has 1 fully saturated rings. The van der Waals surface area contributed by atoms with Crippen molar-refractivity contribution in [1.82, 2.24) is 10.6 Å². The Morgan fingerprint density at radius 2 is 2.00 bits per heavy atom. The molecule has 1 heterocycles. The van der Waals surface area contributed by atoms with Crippen LogP contribution in [-0.4, -0.2) is 17.1 Å². The van der Waals surface area contributed by atoms with Gasteiger partial charge >= 0.3 is 0 Å². The second-order valence-corrected chi connectivity index (χ2v) is 4.11. The quantitative estimate of drug-likeness (QED) is 0.728. The van der Waals surface area contributed by atoms with Crippen LogP contribution in [0.5, 0.6) is 0 Å². The fraction of sp³-hybridized carbons (Fsp3) is 0.273. The van der Waals surface area contributed by atoms with E-state index in [1.165, 1.54) is 5.56 Å².